The van der Waals surface area contributed by atoms with Gasteiger partial charge in [0.2, 0.25) is 11.8 Å². The molecular formula is C9H18N2O2. The minimum Gasteiger partial charge on any atom is -0.370 e. The third-order valence-electron chi connectivity index (χ3n) is 2.08. The molecular weight excluding hydrogens is 168 g/mol. The molecule has 1 unspecified atom stereocenters. The van der Waals surface area contributed by atoms with Crippen molar-refractivity contribution in [2.75, 3.05) is 0 Å². The van der Waals surface area contributed by atoms with E-state index < -0.39 is 5.41 Å². The number of hydrogen-bond acceptors (Lipinski definition) is 2. The quantitative estimate of drug-likeness (QED) is 0.651. The molecule has 2 amide bonds. The fourth-order valence-corrected chi connectivity index (χ4v) is 1.39. The van der Waals surface area contributed by atoms with E-state index in [1.165, 1.54) is 0 Å². The number of amides is 2. The van der Waals surface area contributed by atoms with Crippen LogP contribution in [0.3, 0.4) is 0 Å². The summed E-state index contributed by atoms with van der Waals surface area (Å²) in [5.41, 5.74) is 9.67. The highest BCUT2D eigenvalue weighted by Crippen LogP contribution is 2.26. The third kappa shape index (κ3) is 4.50. The lowest BCUT2D eigenvalue weighted by Crippen LogP contribution is -2.33. The minimum atomic E-state index is -0.561. The number of hydrogen-bond donors (Lipinski definition) is 2. The zero-order valence-electron chi connectivity index (χ0n) is 8.46. The van der Waals surface area contributed by atoms with Gasteiger partial charge in [-0.3, -0.25) is 9.59 Å². The number of nitrogens with two attached hydrogens (primary N) is 2. The molecule has 0 aromatic rings. The first-order valence-electron chi connectivity index (χ1n) is 4.34. The van der Waals surface area contributed by atoms with E-state index in [4.69, 9.17) is 11.5 Å². The second-order valence-electron chi connectivity index (χ2n) is 4.23. The van der Waals surface area contributed by atoms with Gasteiger partial charge in [0.15, 0.2) is 0 Å². The SMILES string of the molecule is CC(CC(N)=O)CC(C)(C)C(N)=O. The minimum absolute atomic E-state index is 0.0972. The molecule has 0 aliphatic carbocycles. The molecule has 0 bridgehead atoms. The average Bonchev–Trinajstić information content (AvgIpc) is 1.82. The number of carbonyl (C=O) groups excluding carboxylic acids is 2. The van der Waals surface area contributed by atoms with Gasteiger partial charge in [0, 0.05) is 11.8 Å². The van der Waals surface area contributed by atoms with Crippen LogP contribution in [0.5, 0.6) is 0 Å². The zero-order valence-corrected chi connectivity index (χ0v) is 8.46. The van der Waals surface area contributed by atoms with Gasteiger partial charge in [-0.15, -0.1) is 0 Å². The average molecular weight is 186 g/mol. The summed E-state index contributed by atoms with van der Waals surface area (Å²) < 4.78 is 0. The highest BCUT2D eigenvalue weighted by atomic mass is 16.1. The molecule has 13 heavy (non-hydrogen) atoms. The molecule has 0 radical (unpaired) electrons. The summed E-state index contributed by atoms with van der Waals surface area (Å²) >= 11 is 0. The molecule has 1 atom stereocenters. The zero-order chi connectivity index (χ0) is 10.6. The predicted octanol–water partition coefficient (Wildman–Crippen LogP) is 0.399. The Labute approximate surface area is 78.7 Å². The summed E-state index contributed by atoms with van der Waals surface area (Å²) in [7, 11) is 0. The highest BCUT2D eigenvalue weighted by Gasteiger charge is 2.27. The van der Waals surface area contributed by atoms with Crippen molar-refractivity contribution in [2.24, 2.45) is 22.8 Å². The fourth-order valence-electron chi connectivity index (χ4n) is 1.39. The molecule has 4 N–H and O–H groups in total. The van der Waals surface area contributed by atoms with Crippen molar-refractivity contribution in [1.29, 1.82) is 0 Å². The summed E-state index contributed by atoms with van der Waals surface area (Å²) in [6, 6.07) is 0. The van der Waals surface area contributed by atoms with Crippen LogP contribution >= 0.6 is 0 Å². The van der Waals surface area contributed by atoms with Crippen molar-refractivity contribution in [3.05, 3.63) is 0 Å². The highest BCUT2D eigenvalue weighted by molar-refractivity contribution is 5.80. The van der Waals surface area contributed by atoms with E-state index in [1.54, 1.807) is 13.8 Å². The molecule has 0 rings (SSSR count). The van der Waals surface area contributed by atoms with Crippen molar-refractivity contribution in [2.45, 2.75) is 33.6 Å². The van der Waals surface area contributed by atoms with E-state index in [0.717, 1.165) is 0 Å². The van der Waals surface area contributed by atoms with Crippen LogP contribution in [-0.2, 0) is 9.59 Å². The summed E-state index contributed by atoms with van der Waals surface area (Å²) in [5.74, 6) is -0.586. The second kappa shape index (κ2) is 4.25. The van der Waals surface area contributed by atoms with Gasteiger partial charge in [0.1, 0.15) is 0 Å². The van der Waals surface area contributed by atoms with Gasteiger partial charge >= 0.3 is 0 Å². The molecule has 76 valence electrons. The first-order chi connectivity index (χ1) is 5.75. The molecule has 0 saturated carbocycles. The van der Waals surface area contributed by atoms with Crippen LogP contribution in [-0.4, -0.2) is 11.8 Å². The molecule has 0 aromatic carbocycles. The Morgan fingerprint density at radius 1 is 1.31 bits per heavy atom. The maximum absolute atomic E-state index is 10.9. The first kappa shape index (κ1) is 11.9. The summed E-state index contributed by atoms with van der Waals surface area (Å²) in [6.45, 7) is 5.43. The molecule has 4 heteroatoms. The fraction of sp³-hybridized carbons (Fsp3) is 0.778. The Morgan fingerprint density at radius 3 is 2.08 bits per heavy atom. The van der Waals surface area contributed by atoms with E-state index in [0.29, 0.717) is 12.8 Å². The lowest BCUT2D eigenvalue weighted by Gasteiger charge is -2.23. The molecule has 0 aliphatic heterocycles. The molecule has 0 heterocycles. The van der Waals surface area contributed by atoms with Gasteiger partial charge in [-0.05, 0) is 12.3 Å². The van der Waals surface area contributed by atoms with Gasteiger partial charge in [-0.25, -0.2) is 0 Å². The first-order valence-corrected chi connectivity index (χ1v) is 4.34. The molecule has 4 nitrogen and oxygen atoms in total. The Hall–Kier alpha value is -1.06. The molecule has 0 aliphatic rings. The predicted molar refractivity (Wildman–Crippen MR) is 50.6 cm³/mol. The molecule has 0 saturated heterocycles. The van der Waals surface area contributed by atoms with E-state index in [2.05, 4.69) is 0 Å². The van der Waals surface area contributed by atoms with E-state index >= 15 is 0 Å². The van der Waals surface area contributed by atoms with E-state index in [9.17, 15) is 9.59 Å². The van der Waals surface area contributed by atoms with Crippen LogP contribution in [0, 0.1) is 11.3 Å². The smallest absolute Gasteiger partial charge is 0.223 e. The molecule has 0 spiro atoms. The van der Waals surface area contributed by atoms with Crippen molar-refractivity contribution in [1.82, 2.24) is 0 Å². The largest absolute Gasteiger partial charge is 0.370 e. The second-order valence-corrected chi connectivity index (χ2v) is 4.23. The molecule has 0 aromatic heterocycles. The van der Waals surface area contributed by atoms with Crippen molar-refractivity contribution in [3.8, 4) is 0 Å². The lowest BCUT2D eigenvalue weighted by molar-refractivity contribution is -0.127. The summed E-state index contributed by atoms with van der Waals surface area (Å²) in [5, 5.41) is 0. The van der Waals surface area contributed by atoms with Crippen LogP contribution < -0.4 is 11.5 Å². The monoisotopic (exact) mass is 186 g/mol. The normalized spacial score (nSPS) is 13.8. The third-order valence-corrected chi connectivity index (χ3v) is 2.08. The number of rotatable bonds is 5. The van der Waals surface area contributed by atoms with Crippen molar-refractivity contribution < 1.29 is 9.59 Å². The van der Waals surface area contributed by atoms with Gasteiger partial charge in [0.05, 0.1) is 0 Å². The van der Waals surface area contributed by atoms with Crippen molar-refractivity contribution in [3.63, 3.8) is 0 Å². The molecule has 0 fully saturated rings. The maximum Gasteiger partial charge on any atom is 0.223 e. The van der Waals surface area contributed by atoms with Gasteiger partial charge in [-0.1, -0.05) is 20.8 Å². The van der Waals surface area contributed by atoms with Crippen LogP contribution in [0.4, 0.5) is 0 Å². The van der Waals surface area contributed by atoms with E-state index in [-0.39, 0.29) is 17.7 Å². The summed E-state index contributed by atoms with van der Waals surface area (Å²) in [6.07, 6.45) is 0.891. The Bertz CT molecular complexity index is 212. The Morgan fingerprint density at radius 2 is 1.77 bits per heavy atom. The van der Waals surface area contributed by atoms with Crippen LogP contribution in [0.25, 0.3) is 0 Å². The van der Waals surface area contributed by atoms with Crippen molar-refractivity contribution >= 4 is 11.8 Å². The van der Waals surface area contributed by atoms with Crippen LogP contribution in [0.15, 0.2) is 0 Å². The maximum atomic E-state index is 10.9. The van der Waals surface area contributed by atoms with Crippen LogP contribution in [0.1, 0.15) is 33.6 Å². The number of primary amides is 2. The number of carbonyl (C=O) groups is 2. The van der Waals surface area contributed by atoms with Gasteiger partial charge < -0.3 is 11.5 Å². The Kier molecular flexibility index (Phi) is 3.91. The topological polar surface area (TPSA) is 86.2 Å². The van der Waals surface area contributed by atoms with Gasteiger partial charge in [0.25, 0.3) is 0 Å². The van der Waals surface area contributed by atoms with Crippen LogP contribution in [0.2, 0.25) is 0 Å². The summed E-state index contributed by atoms with van der Waals surface area (Å²) in [4.78, 5) is 21.5. The van der Waals surface area contributed by atoms with Gasteiger partial charge in [-0.2, -0.15) is 0 Å². The lowest BCUT2D eigenvalue weighted by atomic mass is 9.81. The van der Waals surface area contributed by atoms with E-state index in [1.807, 2.05) is 6.92 Å². The standard InChI is InChI=1S/C9H18N2O2/c1-6(4-7(10)12)5-9(2,3)8(11)13/h6H,4-5H2,1-3H3,(H2,10,12)(H2,11,13). The Balaban J connectivity index is 4.11.